The zero-order chi connectivity index (χ0) is 14.5. The van der Waals surface area contributed by atoms with Gasteiger partial charge in [0.05, 0.1) is 19.8 Å². The van der Waals surface area contributed by atoms with Gasteiger partial charge in [-0.05, 0) is 0 Å². The van der Waals surface area contributed by atoms with Crippen LogP contribution in [0.5, 0.6) is 0 Å². The predicted octanol–water partition coefficient (Wildman–Crippen LogP) is 0.0204. The van der Waals surface area contributed by atoms with E-state index < -0.39 is 6.10 Å². The lowest BCUT2D eigenvalue weighted by Gasteiger charge is -2.32. The summed E-state index contributed by atoms with van der Waals surface area (Å²) < 4.78 is 14.9. The Hall–Kier alpha value is -1.25. The maximum absolute atomic E-state index is 11.9. The summed E-state index contributed by atoms with van der Waals surface area (Å²) in [5.74, 6) is 0.771. The summed E-state index contributed by atoms with van der Waals surface area (Å²) >= 11 is 1.36. The molecular weight excluding hydrogens is 280 g/mol. The first-order valence-corrected chi connectivity index (χ1v) is 7.28. The number of rotatable bonds is 5. The fraction of sp³-hybridized carbons (Fsp3) is 0.750. The number of morpholine rings is 1. The van der Waals surface area contributed by atoms with Crippen LogP contribution in [0, 0.1) is 0 Å². The Bertz CT molecular complexity index is 452. The monoisotopic (exact) mass is 300 g/mol. The highest BCUT2D eigenvalue weighted by Gasteiger charge is 2.29. The number of aromatic nitrogens is 2. The van der Waals surface area contributed by atoms with Gasteiger partial charge >= 0.3 is 0 Å². The van der Waals surface area contributed by atoms with Crippen molar-refractivity contribution in [2.75, 3.05) is 52.4 Å². The topological polar surface area (TPSA) is 67.8 Å². The molecule has 20 heavy (non-hydrogen) atoms. The number of nitrogens with zero attached hydrogens (tertiary/aromatic N) is 4. The first-order chi connectivity index (χ1) is 9.61. The highest BCUT2D eigenvalue weighted by atomic mass is 32.1. The summed E-state index contributed by atoms with van der Waals surface area (Å²) in [5, 5.41) is 0.843. The van der Waals surface area contributed by atoms with E-state index in [4.69, 9.17) is 9.47 Å². The van der Waals surface area contributed by atoms with E-state index in [-0.39, 0.29) is 5.91 Å². The first-order valence-electron chi connectivity index (χ1n) is 6.51. The molecule has 112 valence electrons. The van der Waals surface area contributed by atoms with Crippen molar-refractivity contribution < 1.29 is 14.3 Å². The second-order valence-corrected chi connectivity index (χ2v) is 5.50. The molecule has 1 aliphatic rings. The Balaban J connectivity index is 1.98. The van der Waals surface area contributed by atoms with E-state index in [0.29, 0.717) is 26.2 Å². The molecule has 0 bridgehead atoms. The van der Waals surface area contributed by atoms with Crippen molar-refractivity contribution in [1.82, 2.24) is 14.3 Å². The Morgan fingerprint density at radius 2 is 2.40 bits per heavy atom. The van der Waals surface area contributed by atoms with Crippen molar-refractivity contribution in [2.45, 2.75) is 12.5 Å². The molecule has 0 saturated carbocycles. The van der Waals surface area contributed by atoms with Crippen molar-refractivity contribution in [3.05, 3.63) is 5.82 Å². The van der Waals surface area contributed by atoms with Gasteiger partial charge in [0.15, 0.2) is 6.10 Å². The van der Waals surface area contributed by atoms with E-state index >= 15 is 0 Å². The molecule has 0 N–H and O–H groups in total. The molecule has 1 unspecified atom stereocenters. The van der Waals surface area contributed by atoms with E-state index in [2.05, 4.69) is 14.3 Å². The number of methoxy groups -OCH3 is 1. The average Bonchev–Trinajstić information content (AvgIpc) is 2.93. The molecule has 1 aromatic heterocycles. The second-order valence-electron chi connectivity index (χ2n) is 4.77. The molecule has 0 spiro atoms. The zero-order valence-electron chi connectivity index (χ0n) is 12.0. The first kappa shape index (κ1) is 15.1. The van der Waals surface area contributed by atoms with Crippen molar-refractivity contribution in [3.63, 3.8) is 0 Å². The van der Waals surface area contributed by atoms with Gasteiger partial charge in [0.25, 0.3) is 5.91 Å². The Labute approximate surface area is 122 Å². The van der Waals surface area contributed by atoms with Crippen LogP contribution in [0.4, 0.5) is 5.13 Å². The fourth-order valence-electron chi connectivity index (χ4n) is 1.93. The zero-order valence-corrected chi connectivity index (χ0v) is 12.9. The molecule has 2 rings (SSSR count). The molecule has 0 radical (unpaired) electrons. The summed E-state index contributed by atoms with van der Waals surface area (Å²) in [6.45, 7) is 2.39. The van der Waals surface area contributed by atoms with Crippen molar-refractivity contribution >= 4 is 22.6 Å². The van der Waals surface area contributed by atoms with Gasteiger partial charge < -0.3 is 19.3 Å². The van der Waals surface area contributed by atoms with Gasteiger partial charge in [-0.15, -0.1) is 0 Å². The minimum absolute atomic E-state index is 0.0150. The fourth-order valence-corrected chi connectivity index (χ4v) is 2.68. The van der Waals surface area contributed by atoms with Crippen LogP contribution in [0.1, 0.15) is 5.82 Å². The summed E-state index contributed by atoms with van der Waals surface area (Å²) in [7, 11) is 5.13. The molecule has 0 aromatic carbocycles. The quantitative estimate of drug-likeness (QED) is 0.764. The molecular formula is C12H20N4O3S. The maximum atomic E-state index is 11.9. The largest absolute Gasteiger partial charge is 0.384 e. The maximum Gasteiger partial charge on any atom is 0.253 e. The highest BCUT2D eigenvalue weighted by Crippen LogP contribution is 2.20. The number of ether oxygens (including phenoxy) is 2. The van der Waals surface area contributed by atoms with E-state index in [1.165, 1.54) is 11.5 Å². The molecule has 8 heteroatoms. The number of anilines is 1. The lowest BCUT2D eigenvalue weighted by atomic mass is 10.2. The summed E-state index contributed by atoms with van der Waals surface area (Å²) in [6, 6.07) is 0. The number of amides is 1. The van der Waals surface area contributed by atoms with E-state index in [1.807, 2.05) is 0 Å². The number of hydrogen-bond acceptors (Lipinski definition) is 7. The van der Waals surface area contributed by atoms with Crippen LogP contribution in [0.25, 0.3) is 0 Å². The molecule has 0 aliphatic carbocycles. The van der Waals surface area contributed by atoms with Gasteiger partial charge in [0.2, 0.25) is 5.13 Å². The molecule has 7 nitrogen and oxygen atoms in total. The smallest absolute Gasteiger partial charge is 0.253 e. The van der Waals surface area contributed by atoms with Crippen LogP contribution in [0.3, 0.4) is 0 Å². The van der Waals surface area contributed by atoms with Crippen LogP contribution in [-0.4, -0.2) is 73.8 Å². The van der Waals surface area contributed by atoms with Crippen LogP contribution in [-0.2, 0) is 20.7 Å². The highest BCUT2D eigenvalue weighted by molar-refractivity contribution is 7.09. The minimum Gasteiger partial charge on any atom is -0.384 e. The normalized spacial score (nSPS) is 19.1. The molecule has 1 aliphatic heterocycles. The van der Waals surface area contributed by atoms with Crippen LogP contribution < -0.4 is 4.90 Å². The van der Waals surface area contributed by atoms with Gasteiger partial charge in [-0.1, -0.05) is 0 Å². The van der Waals surface area contributed by atoms with Gasteiger partial charge in [-0.2, -0.15) is 4.37 Å². The van der Waals surface area contributed by atoms with Gasteiger partial charge in [-0.25, -0.2) is 4.98 Å². The summed E-state index contributed by atoms with van der Waals surface area (Å²) in [6.07, 6.45) is 0.280. The number of likely N-dealkylation sites (N-methyl/N-ethyl adjacent to an activating group) is 1. The van der Waals surface area contributed by atoms with Gasteiger partial charge in [0.1, 0.15) is 5.82 Å². The van der Waals surface area contributed by atoms with E-state index in [0.717, 1.165) is 17.5 Å². The van der Waals surface area contributed by atoms with Crippen LogP contribution >= 0.6 is 11.5 Å². The third-order valence-corrected chi connectivity index (χ3v) is 3.86. The Morgan fingerprint density at radius 3 is 3.10 bits per heavy atom. The number of carbonyl (C=O) groups excluding carboxylic acids is 1. The molecule has 2 heterocycles. The minimum atomic E-state index is -0.426. The number of carbonyl (C=O) groups is 1. The summed E-state index contributed by atoms with van der Waals surface area (Å²) in [5.41, 5.74) is 0. The lowest BCUT2D eigenvalue weighted by Crippen LogP contribution is -2.49. The molecule has 1 atom stereocenters. The van der Waals surface area contributed by atoms with E-state index in [9.17, 15) is 4.79 Å². The summed E-state index contributed by atoms with van der Waals surface area (Å²) in [4.78, 5) is 20.0. The second kappa shape index (κ2) is 6.96. The molecule has 1 aromatic rings. The van der Waals surface area contributed by atoms with Crippen LogP contribution in [0.2, 0.25) is 0 Å². The third kappa shape index (κ3) is 3.65. The molecule has 1 fully saturated rings. The standard InChI is InChI=1S/C12H20N4O3S/c1-15(2)11(17)9-8-16(5-7-19-9)12-13-10(14-20-12)4-6-18-3/h9H,4-8H2,1-3H3. The van der Waals surface area contributed by atoms with E-state index in [1.54, 1.807) is 26.1 Å². The Morgan fingerprint density at radius 1 is 1.60 bits per heavy atom. The predicted molar refractivity (Wildman–Crippen MR) is 76.1 cm³/mol. The van der Waals surface area contributed by atoms with Gasteiger partial charge in [0, 0.05) is 45.7 Å². The van der Waals surface area contributed by atoms with Crippen LogP contribution in [0.15, 0.2) is 0 Å². The van der Waals surface area contributed by atoms with Crippen molar-refractivity contribution in [1.29, 1.82) is 0 Å². The van der Waals surface area contributed by atoms with Gasteiger partial charge in [-0.3, -0.25) is 4.79 Å². The molecule has 1 amide bonds. The number of hydrogen-bond donors (Lipinski definition) is 0. The third-order valence-electron chi connectivity index (χ3n) is 3.04. The van der Waals surface area contributed by atoms with Crippen molar-refractivity contribution in [2.24, 2.45) is 0 Å². The Kier molecular flexibility index (Phi) is 5.27. The lowest BCUT2D eigenvalue weighted by molar-refractivity contribution is -0.141. The molecule has 1 saturated heterocycles. The average molecular weight is 300 g/mol. The van der Waals surface area contributed by atoms with Crippen molar-refractivity contribution in [3.8, 4) is 0 Å². The SMILES string of the molecule is COCCc1nsc(N2CCOC(C(=O)N(C)C)C2)n1.